The van der Waals surface area contributed by atoms with Crippen LogP contribution in [0.2, 0.25) is 0 Å². The van der Waals surface area contributed by atoms with E-state index in [1.54, 1.807) is 0 Å². The van der Waals surface area contributed by atoms with Crippen molar-refractivity contribution in [3.05, 3.63) is 64.7 Å². The summed E-state index contributed by atoms with van der Waals surface area (Å²) in [4.78, 5) is 20.8. The van der Waals surface area contributed by atoms with Crippen molar-refractivity contribution in [3.8, 4) is 22.1 Å². The van der Waals surface area contributed by atoms with E-state index in [-0.39, 0.29) is 11.9 Å². The predicted molar refractivity (Wildman–Crippen MR) is 113 cm³/mol. The second-order valence-corrected chi connectivity index (χ2v) is 8.36. The first-order chi connectivity index (χ1) is 14.2. The summed E-state index contributed by atoms with van der Waals surface area (Å²) in [6.07, 6.45) is 1.95. The Morgan fingerprint density at radius 2 is 1.90 bits per heavy atom. The summed E-state index contributed by atoms with van der Waals surface area (Å²) in [6.45, 7) is 3.82. The van der Waals surface area contributed by atoms with E-state index in [1.807, 2.05) is 54.3 Å². The maximum atomic E-state index is 13.4. The Balaban J connectivity index is 1.43. The molecular weight excluding hydrogens is 384 g/mol. The van der Waals surface area contributed by atoms with Gasteiger partial charge in [-0.15, -0.1) is 11.3 Å². The molecule has 0 bridgehead atoms. The average molecular weight is 407 g/mol. The molecule has 3 heterocycles. The van der Waals surface area contributed by atoms with Crippen molar-refractivity contribution < 1.29 is 14.3 Å². The van der Waals surface area contributed by atoms with E-state index in [1.165, 1.54) is 11.3 Å². The van der Waals surface area contributed by atoms with Crippen molar-refractivity contribution in [2.45, 2.75) is 25.8 Å². The number of nitrogens with zero attached hydrogens (tertiary/aromatic N) is 2. The predicted octanol–water partition coefficient (Wildman–Crippen LogP) is 4.87. The number of aryl methyl sites for hydroxylation is 1. The van der Waals surface area contributed by atoms with Gasteiger partial charge >= 0.3 is 0 Å². The van der Waals surface area contributed by atoms with Gasteiger partial charge < -0.3 is 14.4 Å². The second kappa shape index (κ2) is 7.52. The summed E-state index contributed by atoms with van der Waals surface area (Å²) in [5.41, 5.74) is 2.95. The van der Waals surface area contributed by atoms with Gasteiger partial charge in [0.1, 0.15) is 23.1 Å². The first-order valence-electron chi connectivity index (χ1n) is 9.94. The number of aromatic nitrogens is 1. The minimum Gasteiger partial charge on any atom is -0.486 e. The molecule has 0 unspecified atom stereocenters. The van der Waals surface area contributed by atoms with Gasteiger partial charge in [0.05, 0.1) is 11.7 Å². The molecule has 6 heteroatoms. The van der Waals surface area contributed by atoms with Gasteiger partial charge in [0, 0.05) is 12.1 Å². The highest BCUT2D eigenvalue weighted by atomic mass is 32.1. The number of hydrogen-bond acceptors (Lipinski definition) is 5. The van der Waals surface area contributed by atoms with Crippen LogP contribution in [0.1, 0.15) is 39.8 Å². The van der Waals surface area contributed by atoms with Gasteiger partial charge in [-0.1, -0.05) is 36.4 Å². The number of benzene rings is 2. The van der Waals surface area contributed by atoms with Crippen LogP contribution in [-0.4, -0.2) is 35.5 Å². The van der Waals surface area contributed by atoms with Crippen molar-refractivity contribution >= 4 is 17.2 Å². The van der Waals surface area contributed by atoms with E-state index >= 15 is 0 Å². The third kappa shape index (κ3) is 3.38. The molecule has 1 saturated heterocycles. The molecule has 0 spiro atoms. The van der Waals surface area contributed by atoms with E-state index in [4.69, 9.17) is 9.47 Å². The highest BCUT2D eigenvalue weighted by Crippen LogP contribution is 2.39. The minimum atomic E-state index is 0.0556. The molecule has 1 fully saturated rings. The van der Waals surface area contributed by atoms with Gasteiger partial charge in [-0.3, -0.25) is 4.79 Å². The lowest BCUT2D eigenvalue weighted by Crippen LogP contribution is -2.30. The molecule has 29 heavy (non-hydrogen) atoms. The van der Waals surface area contributed by atoms with Crippen LogP contribution in [0.25, 0.3) is 10.6 Å². The fourth-order valence-corrected chi connectivity index (χ4v) is 5.08. The smallest absolute Gasteiger partial charge is 0.266 e. The zero-order valence-corrected chi connectivity index (χ0v) is 17.1. The van der Waals surface area contributed by atoms with Crippen molar-refractivity contribution in [2.75, 3.05) is 19.8 Å². The van der Waals surface area contributed by atoms with Gasteiger partial charge in [-0.05, 0) is 37.5 Å². The molecule has 3 aromatic rings. The molecule has 1 aromatic heterocycles. The fraction of sp³-hybridized carbons (Fsp3) is 0.304. The summed E-state index contributed by atoms with van der Waals surface area (Å²) in [6, 6.07) is 16.1. The SMILES string of the molecule is Cc1nc(-c2ccccc2)sc1C(=O)N1CCC[C@@H]1c1ccc2c(c1)OCCO2. The number of rotatable bonds is 3. The maximum absolute atomic E-state index is 13.4. The van der Waals surface area contributed by atoms with Crippen LogP contribution in [0, 0.1) is 6.92 Å². The lowest BCUT2D eigenvalue weighted by Gasteiger charge is -2.26. The van der Waals surface area contributed by atoms with Crippen molar-refractivity contribution in [3.63, 3.8) is 0 Å². The Hall–Kier alpha value is -2.86. The first kappa shape index (κ1) is 18.2. The summed E-state index contributed by atoms with van der Waals surface area (Å²) in [7, 11) is 0. The van der Waals surface area contributed by atoms with Crippen LogP contribution < -0.4 is 9.47 Å². The molecule has 2 aliphatic rings. The van der Waals surface area contributed by atoms with Crippen LogP contribution in [0.15, 0.2) is 48.5 Å². The largest absolute Gasteiger partial charge is 0.486 e. The van der Waals surface area contributed by atoms with Gasteiger partial charge in [-0.2, -0.15) is 0 Å². The number of likely N-dealkylation sites (tertiary alicyclic amines) is 1. The highest BCUT2D eigenvalue weighted by Gasteiger charge is 2.33. The average Bonchev–Trinajstić information content (AvgIpc) is 3.41. The summed E-state index contributed by atoms with van der Waals surface area (Å²) < 4.78 is 11.4. The maximum Gasteiger partial charge on any atom is 0.266 e. The molecule has 0 aliphatic carbocycles. The lowest BCUT2D eigenvalue weighted by molar-refractivity contribution is 0.0739. The molecule has 0 N–H and O–H groups in total. The topological polar surface area (TPSA) is 51.7 Å². The molecular formula is C23H22N2O3S. The zero-order chi connectivity index (χ0) is 19.8. The summed E-state index contributed by atoms with van der Waals surface area (Å²) in [5, 5.41) is 0.890. The van der Waals surface area contributed by atoms with Crippen molar-refractivity contribution in [1.82, 2.24) is 9.88 Å². The first-order valence-corrected chi connectivity index (χ1v) is 10.8. The van der Waals surface area contributed by atoms with E-state index in [2.05, 4.69) is 11.1 Å². The number of carbonyl (C=O) groups excluding carboxylic acids is 1. The molecule has 5 rings (SSSR count). The third-order valence-electron chi connectivity index (χ3n) is 5.48. The number of amides is 1. The summed E-state index contributed by atoms with van der Waals surface area (Å²) in [5.74, 6) is 1.62. The zero-order valence-electron chi connectivity index (χ0n) is 16.3. The van der Waals surface area contributed by atoms with E-state index in [0.717, 1.165) is 57.6 Å². The Morgan fingerprint density at radius 3 is 2.72 bits per heavy atom. The molecule has 0 saturated carbocycles. The quantitative estimate of drug-likeness (QED) is 0.623. The highest BCUT2D eigenvalue weighted by molar-refractivity contribution is 7.17. The fourth-order valence-electron chi connectivity index (χ4n) is 4.05. The minimum absolute atomic E-state index is 0.0556. The monoisotopic (exact) mass is 406 g/mol. The number of thiazole rings is 1. The van der Waals surface area contributed by atoms with E-state index in [0.29, 0.717) is 13.2 Å². The van der Waals surface area contributed by atoms with Crippen LogP contribution in [0.5, 0.6) is 11.5 Å². The van der Waals surface area contributed by atoms with E-state index < -0.39 is 0 Å². The summed E-state index contributed by atoms with van der Waals surface area (Å²) >= 11 is 1.48. The number of hydrogen-bond donors (Lipinski definition) is 0. The second-order valence-electron chi connectivity index (χ2n) is 7.36. The molecule has 2 aliphatic heterocycles. The molecule has 1 amide bonds. The van der Waals surface area contributed by atoms with Crippen LogP contribution in [-0.2, 0) is 0 Å². The Labute approximate surface area is 173 Å². The Kier molecular flexibility index (Phi) is 4.72. The van der Waals surface area contributed by atoms with Crippen LogP contribution >= 0.6 is 11.3 Å². The molecule has 148 valence electrons. The van der Waals surface area contributed by atoms with Crippen molar-refractivity contribution in [1.29, 1.82) is 0 Å². The van der Waals surface area contributed by atoms with Gasteiger partial charge in [-0.25, -0.2) is 4.98 Å². The van der Waals surface area contributed by atoms with Crippen LogP contribution in [0.4, 0.5) is 0 Å². The standard InChI is InChI=1S/C23H22N2O3S/c1-15-21(29-22(24-15)16-6-3-2-4-7-16)23(26)25-11-5-8-18(25)17-9-10-19-20(14-17)28-13-12-27-19/h2-4,6-7,9-10,14,18H,5,8,11-13H2,1H3/t18-/m1/s1. The number of carbonyl (C=O) groups is 1. The van der Waals surface area contributed by atoms with E-state index in [9.17, 15) is 4.79 Å². The molecule has 2 aromatic carbocycles. The van der Waals surface area contributed by atoms with Crippen LogP contribution in [0.3, 0.4) is 0 Å². The lowest BCUT2D eigenvalue weighted by atomic mass is 10.0. The Morgan fingerprint density at radius 1 is 1.10 bits per heavy atom. The molecule has 1 atom stereocenters. The third-order valence-corrected chi connectivity index (χ3v) is 6.67. The Bertz CT molecular complexity index is 1050. The van der Waals surface area contributed by atoms with Gasteiger partial charge in [0.15, 0.2) is 11.5 Å². The van der Waals surface area contributed by atoms with Crippen molar-refractivity contribution in [2.24, 2.45) is 0 Å². The molecule has 5 nitrogen and oxygen atoms in total. The number of fused-ring (bicyclic) bond motifs is 1. The number of ether oxygens (including phenoxy) is 2. The van der Waals surface area contributed by atoms with Gasteiger partial charge in [0.2, 0.25) is 0 Å². The molecule has 0 radical (unpaired) electrons. The van der Waals surface area contributed by atoms with Gasteiger partial charge in [0.25, 0.3) is 5.91 Å². The normalized spacial score (nSPS) is 18.1.